The molecule has 0 N–H and O–H groups in total. The molecule has 0 spiro atoms. The topological polar surface area (TPSA) is 35.5 Å². The minimum atomic E-state index is -0.637. The predicted octanol–water partition coefficient (Wildman–Crippen LogP) is 4.77. The van der Waals surface area contributed by atoms with Gasteiger partial charge in [0.15, 0.2) is 0 Å². The Morgan fingerprint density at radius 3 is 1.59 bits per heavy atom. The molecule has 0 atom stereocenters. The van der Waals surface area contributed by atoms with E-state index in [9.17, 15) is 4.79 Å². The summed E-state index contributed by atoms with van der Waals surface area (Å²) in [6, 6.07) is 11.9. The number of ether oxygens (including phenoxy) is 2. The van der Waals surface area contributed by atoms with Crippen LogP contribution in [0.4, 0.5) is 4.79 Å². The predicted molar refractivity (Wildman–Crippen MR) is 86.8 cm³/mol. The van der Waals surface area contributed by atoms with Crippen LogP contribution >= 0.6 is 0 Å². The molecule has 0 bridgehead atoms. The van der Waals surface area contributed by atoms with E-state index in [0.717, 1.165) is 22.3 Å². The number of hydrogen-bond donors (Lipinski definition) is 0. The van der Waals surface area contributed by atoms with Crippen molar-refractivity contribution in [1.29, 1.82) is 0 Å². The Kier molecular flexibility index (Phi) is 5.21. The SMILES string of the molecule is Cc1cccc(COC(=O)OCc2cccc(C)c2C)c1C. The molecule has 0 aromatic heterocycles. The molecule has 0 aliphatic heterocycles. The highest BCUT2D eigenvalue weighted by atomic mass is 16.7. The van der Waals surface area contributed by atoms with Crippen LogP contribution in [0.1, 0.15) is 33.4 Å². The van der Waals surface area contributed by atoms with E-state index in [1.165, 1.54) is 11.1 Å². The van der Waals surface area contributed by atoms with Crippen LogP contribution in [0.3, 0.4) is 0 Å². The van der Waals surface area contributed by atoms with Gasteiger partial charge in [-0.3, -0.25) is 0 Å². The van der Waals surface area contributed by atoms with Gasteiger partial charge in [0.25, 0.3) is 0 Å². The highest BCUT2D eigenvalue weighted by Crippen LogP contribution is 2.16. The third-order valence-electron chi connectivity index (χ3n) is 4.12. The Morgan fingerprint density at radius 1 is 0.773 bits per heavy atom. The molecule has 0 radical (unpaired) electrons. The molecule has 0 aliphatic rings. The number of carbonyl (C=O) groups excluding carboxylic acids is 1. The Morgan fingerprint density at radius 2 is 1.18 bits per heavy atom. The first-order chi connectivity index (χ1) is 10.5. The first-order valence-electron chi connectivity index (χ1n) is 7.38. The molecule has 0 heterocycles. The first-order valence-corrected chi connectivity index (χ1v) is 7.38. The van der Waals surface area contributed by atoms with Crippen molar-refractivity contribution >= 4 is 6.16 Å². The fourth-order valence-corrected chi connectivity index (χ4v) is 2.25. The summed E-state index contributed by atoms with van der Waals surface area (Å²) in [7, 11) is 0. The Balaban J connectivity index is 1.88. The maximum atomic E-state index is 11.7. The van der Waals surface area contributed by atoms with Crippen molar-refractivity contribution in [2.45, 2.75) is 40.9 Å². The molecule has 0 fully saturated rings. The van der Waals surface area contributed by atoms with Crippen LogP contribution in [-0.4, -0.2) is 6.16 Å². The zero-order valence-electron chi connectivity index (χ0n) is 13.6. The van der Waals surface area contributed by atoms with Crippen molar-refractivity contribution in [3.8, 4) is 0 Å². The van der Waals surface area contributed by atoms with E-state index >= 15 is 0 Å². The molecule has 2 aromatic carbocycles. The van der Waals surface area contributed by atoms with Gasteiger partial charge in [0.1, 0.15) is 13.2 Å². The Labute approximate surface area is 131 Å². The van der Waals surface area contributed by atoms with Crippen molar-refractivity contribution in [2.75, 3.05) is 0 Å². The first kappa shape index (κ1) is 16.1. The maximum Gasteiger partial charge on any atom is 0.508 e. The minimum absolute atomic E-state index is 0.235. The number of rotatable bonds is 4. The number of carbonyl (C=O) groups is 1. The summed E-state index contributed by atoms with van der Waals surface area (Å²) in [4.78, 5) is 11.7. The van der Waals surface area contributed by atoms with Crippen LogP contribution in [0.2, 0.25) is 0 Å². The molecule has 0 saturated carbocycles. The zero-order valence-corrected chi connectivity index (χ0v) is 13.6. The van der Waals surface area contributed by atoms with Gasteiger partial charge < -0.3 is 9.47 Å². The molecular weight excluding hydrogens is 276 g/mol. The normalized spacial score (nSPS) is 10.4. The quantitative estimate of drug-likeness (QED) is 0.762. The third kappa shape index (κ3) is 3.88. The summed E-state index contributed by atoms with van der Waals surface area (Å²) in [5.74, 6) is 0. The molecule has 2 aromatic rings. The highest BCUT2D eigenvalue weighted by Gasteiger charge is 2.09. The monoisotopic (exact) mass is 298 g/mol. The number of hydrogen-bond acceptors (Lipinski definition) is 3. The lowest BCUT2D eigenvalue weighted by Crippen LogP contribution is -2.09. The van der Waals surface area contributed by atoms with Gasteiger partial charge in [0, 0.05) is 0 Å². The largest absolute Gasteiger partial charge is 0.508 e. The van der Waals surface area contributed by atoms with E-state index in [0.29, 0.717) is 0 Å². The van der Waals surface area contributed by atoms with Gasteiger partial charge in [-0.2, -0.15) is 0 Å². The Bertz CT molecular complexity index is 617. The molecule has 3 heteroatoms. The van der Waals surface area contributed by atoms with Gasteiger partial charge in [-0.25, -0.2) is 4.79 Å². The van der Waals surface area contributed by atoms with Gasteiger partial charge in [-0.1, -0.05) is 36.4 Å². The van der Waals surface area contributed by atoms with Crippen LogP contribution in [-0.2, 0) is 22.7 Å². The third-order valence-corrected chi connectivity index (χ3v) is 4.12. The molecule has 22 heavy (non-hydrogen) atoms. The molecule has 2 rings (SSSR count). The molecular formula is C19H22O3. The van der Waals surface area contributed by atoms with E-state index in [1.54, 1.807) is 0 Å². The molecule has 0 saturated heterocycles. The summed E-state index contributed by atoms with van der Waals surface area (Å²) >= 11 is 0. The number of aryl methyl sites for hydroxylation is 2. The van der Waals surface area contributed by atoms with Crippen LogP contribution in [0, 0.1) is 27.7 Å². The van der Waals surface area contributed by atoms with E-state index in [2.05, 4.69) is 0 Å². The maximum absolute atomic E-state index is 11.7. The van der Waals surface area contributed by atoms with Gasteiger partial charge >= 0.3 is 6.16 Å². The van der Waals surface area contributed by atoms with Gasteiger partial charge in [-0.15, -0.1) is 0 Å². The summed E-state index contributed by atoms with van der Waals surface area (Å²) in [6.45, 7) is 8.60. The summed E-state index contributed by atoms with van der Waals surface area (Å²) < 4.78 is 10.4. The highest BCUT2D eigenvalue weighted by molar-refractivity contribution is 5.60. The molecule has 0 unspecified atom stereocenters. The van der Waals surface area contributed by atoms with E-state index in [-0.39, 0.29) is 13.2 Å². The smallest absolute Gasteiger partial charge is 0.429 e. The lowest BCUT2D eigenvalue weighted by Gasteiger charge is -2.11. The van der Waals surface area contributed by atoms with E-state index in [4.69, 9.17) is 9.47 Å². The van der Waals surface area contributed by atoms with Gasteiger partial charge in [0.05, 0.1) is 0 Å². The Hall–Kier alpha value is -2.29. The van der Waals surface area contributed by atoms with E-state index < -0.39 is 6.16 Å². The second kappa shape index (κ2) is 7.12. The number of benzene rings is 2. The van der Waals surface area contributed by atoms with E-state index in [1.807, 2.05) is 64.1 Å². The average molecular weight is 298 g/mol. The zero-order chi connectivity index (χ0) is 16.1. The molecule has 0 aliphatic carbocycles. The second-order valence-electron chi connectivity index (χ2n) is 5.55. The summed E-state index contributed by atoms with van der Waals surface area (Å²) in [6.07, 6.45) is -0.637. The fraction of sp³-hybridized carbons (Fsp3) is 0.316. The standard InChI is InChI=1S/C19H22O3/c1-13-7-5-9-17(15(13)3)11-21-19(20)22-12-18-10-6-8-14(2)16(18)4/h5-10H,11-12H2,1-4H3. The molecule has 3 nitrogen and oxygen atoms in total. The lowest BCUT2D eigenvalue weighted by molar-refractivity contribution is 0.0444. The lowest BCUT2D eigenvalue weighted by atomic mass is 10.0. The van der Waals surface area contributed by atoms with Crippen LogP contribution in [0.25, 0.3) is 0 Å². The van der Waals surface area contributed by atoms with Crippen LogP contribution < -0.4 is 0 Å². The average Bonchev–Trinajstić information content (AvgIpc) is 2.50. The van der Waals surface area contributed by atoms with Crippen molar-refractivity contribution < 1.29 is 14.3 Å². The van der Waals surface area contributed by atoms with Crippen molar-refractivity contribution in [3.05, 3.63) is 69.8 Å². The molecule has 116 valence electrons. The van der Waals surface area contributed by atoms with Crippen molar-refractivity contribution in [3.63, 3.8) is 0 Å². The van der Waals surface area contributed by atoms with Crippen molar-refractivity contribution in [1.82, 2.24) is 0 Å². The second-order valence-corrected chi connectivity index (χ2v) is 5.55. The van der Waals surface area contributed by atoms with Gasteiger partial charge in [0.2, 0.25) is 0 Å². The molecule has 0 amide bonds. The van der Waals surface area contributed by atoms with Crippen LogP contribution in [0.15, 0.2) is 36.4 Å². The van der Waals surface area contributed by atoms with Gasteiger partial charge in [-0.05, 0) is 61.1 Å². The fourth-order valence-electron chi connectivity index (χ4n) is 2.25. The van der Waals surface area contributed by atoms with Crippen molar-refractivity contribution in [2.24, 2.45) is 0 Å². The summed E-state index contributed by atoms with van der Waals surface area (Å²) in [5, 5.41) is 0. The van der Waals surface area contributed by atoms with Crippen LogP contribution in [0.5, 0.6) is 0 Å². The minimum Gasteiger partial charge on any atom is -0.429 e. The summed E-state index contributed by atoms with van der Waals surface area (Å²) in [5.41, 5.74) is 6.66.